The maximum Gasteiger partial charge on any atom is 0.193 e. The Morgan fingerprint density at radius 2 is 2.05 bits per heavy atom. The van der Waals surface area contributed by atoms with Crippen molar-refractivity contribution in [2.75, 3.05) is 33.3 Å². The van der Waals surface area contributed by atoms with E-state index in [1.165, 1.54) is 38.5 Å². The highest BCUT2D eigenvalue weighted by Gasteiger charge is 2.30. The molecular weight excluding hydrogens is 262 g/mol. The van der Waals surface area contributed by atoms with Gasteiger partial charge in [0.1, 0.15) is 0 Å². The number of nitrogens with one attached hydrogen (secondary N) is 1. The molecule has 2 rings (SSSR count). The smallest absolute Gasteiger partial charge is 0.193 e. The maximum absolute atomic E-state index is 5.96. The molecule has 0 atom stereocenters. The van der Waals surface area contributed by atoms with Crippen molar-refractivity contribution in [3.8, 4) is 0 Å². The fraction of sp³-hybridized carbons (Fsp3) is 0.941. The lowest BCUT2D eigenvalue weighted by Gasteiger charge is -2.24. The third-order valence-corrected chi connectivity index (χ3v) is 4.70. The van der Waals surface area contributed by atoms with Gasteiger partial charge in [-0.05, 0) is 31.1 Å². The predicted molar refractivity (Wildman–Crippen MR) is 88.8 cm³/mol. The molecule has 0 aromatic rings. The molecule has 0 spiro atoms. The van der Waals surface area contributed by atoms with Crippen molar-refractivity contribution in [1.29, 1.82) is 0 Å². The van der Waals surface area contributed by atoms with Crippen LogP contribution in [-0.2, 0) is 4.74 Å². The number of hydrogen-bond acceptors (Lipinski definition) is 2. The summed E-state index contributed by atoms with van der Waals surface area (Å²) in [5.74, 6) is 1.05. The number of ether oxygens (including phenoxy) is 1. The zero-order valence-electron chi connectivity index (χ0n) is 14.2. The first-order chi connectivity index (χ1) is 10.1. The van der Waals surface area contributed by atoms with Gasteiger partial charge < -0.3 is 15.0 Å². The molecule has 122 valence electrons. The van der Waals surface area contributed by atoms with Gasteiger partial charge in [-0.2, -0.15) is 0 Å². The van der Waals surface area contributed by atoms with Crippen molar-refractivity contribution in [3.05, 3.63) is 0 Å². The van der Waals surface area contributed by atoms with Gasteiger partial charge in [0.2, 0.25) is 0 Å². The lowest BCUT2D eigenvalue weighted by atomic mass is 9.93. The quantitative estimate of drug-likeness (QED) is 0.481. The Bertz CT molecular complexity index is 335. The molecule has 1 aliphatic carbocycles. The summed E-state index contributed by atoms with van der Waals surface area (Å²) in [5.41, 5.74) is 0.418. The zero-order chi connectivity index (χ0) is 15.1. The zero-order valence-corrected chi connectivity index (χ0v) is 14.2. The van der Waals surface area contributed by atoms with Crippen LogP contribution in [0, 0.1) is 5.41 Å². The second-order valence-electron chi connectivity index (χ2n) is 7.29. The normalized spacial score (nSPS) is 23.6. The van der Waals surface area contributed by atoms with E-state index in [0.717, 1.165) is 38.6 Å². The molecule has 0 bridgehead atoms. The van der Waals surface area contributed by atoms with E-state index < -0.39 is 0 Å². The van der Waals surface area contributed by atoms with E-state index in [9.17, 15) is 0 Å². The third-order valence-electron chi connectivity index (χ3n) is 4.70. The molecule has 0 radical (unpaired) electrons. The molecule has 4 nitrogen and oxygen atoms in total. The molecule has 1 aliphatic heterocycles. The van der Waals surface area contributed by atoms with Gasteiger partial charge in [0.05, 0.1) is 6.10 Å². The molecule has 2 aliphatic rings. The molecule has 0 unspecified atom stereocenters. The fourth-order valence-corrected chi connectivity index (χ4v) is 3.38. The standard InChI is InChI=1S/C17H33N3O/c1-17(2)10-12-20(14-17)16(18-3)19-11-7-13-21-15-8-5-4-6-9-15/h15H,4-14H2,1-3H3,(H,18,19). The summed E-state index contributed by atoms with van der Waals surface area (Å²) in [6.07, 6.45) is 9.45. The number of rotatable bonds is 5. The van der Waals surface area contributed by atoms with Gasteiger partial charge in [-0.15, -0.1) is 0 Å². The van der Waals surface area contributed by atoms with Gasteiger partial charge in [-0.3, -0.25) is 4.99 Å². The maximum atomic E-state index is 5.96. The fourth-order valence-electron chi connectivity index (χ4n) is 3.38. The van der Waals surface area contributed by atoms with E-state index in [2.05, 4.69) is 29.1 Å². The minimum Gasteiger partial charge on any atom is -0.378 e. The highest BCUT2D eigenvalue weighted by Crippen LogP contribution is 2.28. The second kappa shape index (κ2) is 8.02. The molecule has 1 N–H and O–H groups in total. The first kappa shape index (κ1) is 16.6. The molecule has 0 aromatic carbocycles. The monoisotopic (exact) mass is 295 g/mol. The molecule has 4 heteroatoms. The number of likely N-dealkylation sites (tertiary alicyclic amines) is 1. The summed E-state index contributed by atoms with van der Waals surface area (Å²) in [7, 11) is 1.88. The molecule has 1 saturated heterocycles. The molecule has 1 saturated carbocycles. The van der Waals surface area contributed by atoms with Crippen molar-refractivity contribution in [3.63, 3.8) is 0 Å². The Kier molecular flexibility index (Phi) is 6.34. The average Bonchev–Trinajstić information content (AvgIpc) is 2.84. The van der Waals surface area contributed by atoms with Crippen LogP contribution >= 0.6 is 0 Å². The van der Waals surface area contributed by atoms with Gasteiger partial charge in [0.15, 0.2) is 5.96 Å². The van der Waals surface area contributed by atoms with E-state index in [4.69, 9.17) is 4.74 Å². The molecule has 1 heterocycles. The number of aliphatic imine (C=N–C) groups is 1. The summed E-state index contributed by atoms with van der Waals surface area (Å²) in [5, 5.41) is 3.48. The lowest BCUT2D eigenvalue weighted by molar-refractivity contribution is 0.0276. The van der Waals surface area contributed by atoms with E-state index >= 15 is 0 Å². The molecular formula is C17H33N3O. The summed E-state index contributed by atoms with van der Waals surface area (Å²) >= 11 is 0. The topological polar surface area (TPSA) is 36.9 Å². The van der Waals surface area contributed by atoms with Crippen LogP contribution in [-0.4, -0.2) is 50.3 Å². The number of nitrogens with zero attached hydrogens (tertiary/aromatic N) is 2. The van der Waals surface area contributed by atoms with Gasteiger partial charge >= 0.3 is 0 Å². The van der Waals surface area contributed by atoms with Crippen molar-refractivity contribution >= 4 is 5.96 Å². The van der Waals surface area contributed by atoms with Crippen LogP contribution in [0.3, 0.4) is 0 Å². The Balaban J connectivity index is 1.58. The van der Waals surface area contributed by atoms with Crippen LogP contribution in [0.1, 0.15) is 58.8 Å². The third kappa shape index (κ3) is 5.50. The molecule has 0 amide bonds. The first-order valence-electron chi connectivity index (χ1n) is 8.68. The first-order valence-corrected chi connectivity index (χ1v) is 8.68. The van der Waals surface area contributed by atoms with Crippen LogP contribution < -0.4 is 5.32 Å². The molecule has 0 aromatic heterocycles. The van der Waals surface area contributed by atoms with E-state index in [1.54, 1.807) is 0 Å². The minimum atomic E-state index is 0.418. The Labute approximate surface area is 130 Å². The van der Waals surface area contributed by atoms with Crippen LogP contribution in [0.25, 0.3) is 0 Å². The van der Waals surface area contributed by atoms with Crippen molar-refractivity contribution in [2.24, 2.45) is 10.4 Å². The summed E-state index contributed by atoms with van der Waals surface area (Å²) in [6, 6.07) is 0. The number of guanidine groups is 1. The largest absolute Gasteiger partial charge is 0.378 e. The molecule has 21 heavy (non-hydrogen) atoms. The Morgan fingerprint density at radius 3 is 2.67 bits per heavy atom. The Hall–Kier alpha value is -0.770. The van der Waals surface area contributed by atoms with E-state index in [1.807, 2.05) is 7.05 Å². The van der Waals surface area contributed by atoms with Gasteiger partial charge in [0.25, 0.3) is 0 Å². The van der Waals surface area contributed by atoms with Crippen molar-refractivity contribution < 1.29 is 4.74 Å². The van der Waals surface area contributed by atoms with Gasteiger partial charge in [-0.25, -0.2) is 0 Å². The summed E-state index contributed by atoms with van der Waals surface area (Å²) < 4.78 is 5.96. The van der Waals surface area contributed by atoms with Crippen LogP contribution in [0.5, 0.6) is 0 Å². The summed E-state index contributed by atoms with van der Waals surface area (Å²) in [6.45, 7) is 8.71. The SMILES string of the molecule is CN=C(NCCCOC1CCCCC1)N1CCC(C)(C)C1. The van der Waals surface area contributed by atoms with E-state index in [-0.39, 0.29) is 0 Å². The van der Waals surface area contributed by atoms with Crippen LogP contribution in [0.4, 0.5) is 0 Å². The summed E-state index contributed by atoms with van der Waals surface area (Å²) in [4.78, 5) is 6.79. The van der Waals surface area contributed by atoms with Crippen molar-refractivity contribution in [1.82, 2.24) is 10.2 Å². The average molecular weight is 295 g/mol. The lowest BCUT2D eigenvalue weighted by Crippen LogP contribution is -2.41. The van der Waals surface area contributed by atoms with Gasteiger partial charge in [0, 0.05) is 33.3 Å². The minimum absolute atomic E-state index is 0.418. The van der Waals surface area contributed by atoms with Crippen LogP contribution in [0.2, 0.25) is 0 Å². The second-order valence-corrected chi connectivity index (χ2v) is 7.29. The predicted octanol–water partition coefficient (Wildman–Crippen LogP) is 3.03. The highest BCUT2D eigenvalue weighted by molar-refractivity contribution is 5.80. The van der Waals surface area contributed by atoms with Crippen molar-refractivity contribution in [2.45, 2.75) is 64.9 Å². The van der Waals surface area contributed by atoms with E-state index in [0.29, 0.717) is 11.5 Å². The van der Waals surface area contributed by atoms with Gasteiger partial charge in [-0.1, -0.05) is 33.1 Å². The Morgan fingerprint density at radius 1 is 1.29 bits per heavy atom. The molecule has 2 fully saturated rings. The highest BCUT2D eigenvalue weighted by atomic mass is 16.5. The number of hydrogen-bond donors (Lipinski definition) is 1. The van der Waals surface area contributed by atoms with Crippen LogP contribution in [0.15, 0.2) is 4.99 Å².